The molecule has 104 valence electrons. The van der Waals surface area contributed by atoms with E-state index in [4.69, 9.17) is 4.42 Å². The number of amides is 1. The van der Waals surface area contributed by atoms with Gasteiger partial charge in [-0.3, -0.25) is 9.59 Å². The molecule has 3 heterocycles. The molecule has 1 aliphatic heterocycles. The van der Waals surface area contributed by atoms with Crippen molar-refractivity contribution in [3.63, 3.8) is 0 Å². The van der Waals surface area contributed by atoms with Crippen LogP contribution in [0.2, 0.25) is 0 Å². The zero-order valence-electron chi connectivity index (χ0n) is 11.6. The van der Waals surface area contributed by atoms with E-state index in [-0.39, 0.29) is 17.0 Å². The number of hydrogen-bond donors (Lipinski definition) is 1. The summed E-state index contributed by atoms with van der Waals surface area (Å²) >= 11 is 0. The Kier molecular flexibility index (Phi) is 2.25. The lowest BCUT2D eigenvalue weighted by molar-refractivity contribution is 0.101. The van der Waals surface area contributed by atoms with Gasteiger partial charge in [-0.1, -0.05) is 19.9 Å². The zero-order valence-corrected chi connectivity index (χ0v) is 11.6. The molecule has 1 N–H and O–H groups in total. The van der Waals surface area contributed by atoms with Crippen LogP contribution < -0.4 is 10.7 Å². The van der Waals surface area contributed by atoms with Crippen LogP contribution in [0, 0.1) is 0 Å². The van der Waals surface area contributed by atoms with Gasteiger partial charge in [0.1, 0.15) is 11.4 Å². The molecule has 0 aliphatic carbocycles. The van der Waals surface area contributed by atoms with Crippen molar-refractivity contribution >= 4 is 33.8 Å². The van der Waals surface area contributed by atoms with Crippen LogP contribution in [-0.4, -0.2) is 10.9 Å². The third kappa shape index (κ3) is 1.60. The number of benzene rings is 1. The van der Waals surface area contributed by atoms with Gasteiger partial charge in [-0.05, 0) is 29.7 Å². The summed E-state index contributed by atoms with van der Waals surface area (Å²) in [6, 6.07) is 7.16. The average Bonchev–Trinajstić information content (AvgIpc) is 2.45. The van der Waals surface area contributed by atoms with Crippen LogP contribution in [0.5, 0.6) is 0 Å². The van der Waals surface area contributed by atoms with E-state index in [0.29, 0.717) is 33.7 Å². The predicted molar refractivity (Wildman–Crippen MR) is 79.8 cm³/mol. The summed E-state index contributed by atoms with van der Waals surface area (Å²) in [5.41, 5.74) is 2.13. The minimum Gasteiger partial charge on any atom is -0.437 e. The summed E-state index contributed by atoms with van der Waals surface area (Å²) in [7, 11) is 0. The second kappa shape index (κ2) is 3.91. The maximum atomic E-state index is 12.6. The van der Waals surface area contributed by atoms with Crippen LogP contribution in [0.25, 0.3) is 22.1 Å². The Labute approximate surface area is 119 Å². The van der Waals surface area contributed by atoms with E-state index >= 15 is 0 Å². The summed E-state index contributed by atoms with van der Waals surface area (Å²) in [5.74, 6) is 0.578. The van der Waals surface area contributed by atoms with Gasteiger partial charge in [-0.2, -0.15) is 4.98 Å². The molecule has 0 spiro atoms. The SMILES string of the molecule is CC(C)c1ccc2oc3nc4c(cc3c(=O)c2c1)C(=O)N4. The quantitative estimate of drug-likeness (QED) is 0.695. The molecule has 0 radical (unpaired) electrons. The van der Waals surface area contributed by atoms with Crippen LogP contribution in [0.15, 0.2) is 33.5 Å². The van der Waals surface area contributed by atoms with Crippen molar-refractivity contribution in [2.75, 3.05) is 5.32 Å². The number of fused-ring (bicyclic) bond motifs is 3. The smallest absolute Gasteiger partial charge is 0.260 e. The van der Waals surface area contributed by atoms with E-state index in [1.807, 2.05) is 12.1 Å². The molecule has 1 amide bonds. The molecule has 4 rings (SSSR count). The molecule has 3 aromatic rings. The standard InChI is InChI=1S/C16H12N2O3/c1-7(2)8-3-4-12-9(5-8)13(19)10-6-11-14(17-15(11)20)18-16(10)21-12/h3-7H,1-2H3,(H,17,18,20). The molecule has 0 unspecified atom stereocenters. The molecule has 5 heteroatoms. The van der Waals surface area contributed by atoms with E-state index < -0.39 is 0 Å². The second-order valence-corrected chi connectivity index (χ2v) is 5.53. The minimum atomic E-state index is -0.213. The number of nitrogens with zero attached hydrogens (tertiary/aromatic N) is 1. The fourth-order valence-electron chi connectivity index (χ4n) is 2.54. The second-order valence-electron chi connectivity index (χ2n) is 5.53. The first-order valence-electron chi connectivity index (χ1n) is 6.77. The van der Waals surface area contributed by atoms with Gasteiger partial charge in [0.05, 0.1) is 16.3 Å². The highest BCUT2D eigenvalue weighted by atomic mass is 16.3. The molecule has 0 fully saturated rings. The zero-order chi connectivity index (χ0) is 14.7. The Morgan fingerprint density at radius 3 is 2.67 bits per heavy atom. The summed E-state index contributed by atoms with van der Waals surface area (Å²) in [4.78, 5) is 28.2. The van der Waals surface area contributed by atoms with Crippen molar-refractivity contribution < 1.29 is 9.21 Å². The molecular weight excluding hydrogens is 268 g/mol. The third-order valence-corrected chi connectivity index (χ3v) is 3.83. The van der Waals surface area contributed by atoms with Gasteiger partial charge in [0, 0.05) is 0 Å². The van der Waals surface area contributed by atoms with Gasteiger partial charge in [0.2, 0.25) is 11.1 Å². The number of hydrogen-bond acceptors (Lipinski definition) is 4. The van der Waals surface area contributed by atoms with Gasteiger partial charge in [-0.15, -0.1) is 0 Å². The molecule has 0 atom stereocenters. The number of anilines is 1. The number of pyridine rings is 1. The Balaban J connectivity index is 2.11. The molecule has 0 bridgehead atoms. The monoisotopic (exact) mass is 280 g/mol. The van der Waals surface area contributed by atoms with Gasteiger partial charge >= 0.3 is 0 Å². The number of aromatic nitrogens is 1. The average molecular weight is 280 g/mol. The maximum Gasteiger partial charge on any atom is 0.260 e. The Morgan fingerprint density at radius 1 is 1.14 bits per heavy atom. The van der Waals surface area contributed by atoms with E-state index in [1.165, 1.54) is 0 Å². The van der Waals surface area contributed by atoms with E-state index in [2.05, 4.69) is 24.1 Å². The number of carbonyl (C=O) groups excluding carboxylic acids is 1. The minimum absolute atomic E-state index is 0.149. The molecule has 2 aromatic heterocycles. The lowest BCUT2D eigenvalue weighted by Gasteiger charge is -2.17. The van der Waals surface area contributed by atoms with Gasteiger partial charge < -0.3 is 9.73 Å². The summed E-state index contributed by atoms with van der Waals surface area (Å²) in [6.45, 7) is 4.14. The van der Waals surface area contributed by atoms with Crippen molar-refractivity contribution in [1.29, 1.82) is 0 Å². The first kappa shape index (κ1) is 12.1. The van der Waals surface area contributed by atoms with Gasteiger partial charge in [0.15, 0.2) is 0 Å². The highest BCUT2D eigenvalue weighted by Gasteiger charge is 2.26. The molecule has 5 nitrogen and oxygen atoms in total. The Hall–Kier alpha value is -2.69. The van der Waals surface area contributed by atoms with Crippen molar-refractivity contribution in [3.05, 3.63) is 45.6 Å². The van der Waals surface area contributed by atoms with Crippen molar-refractivity contribution in [1.82, 2.24) is 4.98 Å². The summed E-state index contributed by atoms with van der Waals surface area (Å²) in [5, 5.41) is 3.43. The van der Waals surface area contributed by atoms with Crippen LogP contribution >= 0.6 is 0 Å². The normalized spacial score (nSPS) is 13.4. The lowest BCUT2D eigenvalue weighted by Crippen LogP contribution is -2.26. The van der Waals surface area contributed by atoms with Crippen molar-refractivity contribution in [2.24, 2.45) is 0 Å². The molecule has 0 saturated carbocycles. The molecule has 0 saturated heterocycles. The van der Waals surface area contributed by atoms with Crippen LogP contribution in [0.4, 0.5) is 5.82 Å². The number of rotatable bonds is 1. The maximum absolute atomic E-state index is 12.6. The van der Waals surface area contributed by atoms with Crippen molar-refractivity contribution in [2.45, 2.75) is 19.8 Å². The highest BCUT2D eigenvalue weighted by Crippen LogP contribution is 2.28. The molecule has 1 aliphatic rings. The van der Waals surface area contributed by atoms with E-state index in [1.54, 1.807) is 12.1 Å². The predicted octanol–water partition coefficient (Wildman–Crippen LogP) is 3.03. The first-order chi connectivity index (χ1) is 10.0. The Morgan fingerprint density at radius 2 is 1.95 bits per heavy atom. The molecular formula is C16H12N2O3. The van der Waals surface area contributed by atoms with E-state index in [9.17, 15) is 9.59 Å². The molecule has 21 heavy (non-hydrogen) atoms. The largest absolute Gasteiger partial charge is 0.437 e. The lowest BCUT2D eigenvalue weighted by atomic mass is 10.0. The highest BCUT2D eigenvalue weighted by molar-refractivity contribution is 6.18. The van der Waals surface area contributed by atoms with Gasteiger partial charge in [0.25, 0.3) is 5.91 Å². The first-order valence-corrected chi connectivity index (χ1v) is 6.77. The van der Waals surface area contributed by atoms with Crippen LogP contribution in [0.3, 0.4) is 0 Å². The number of nitrogens with one attached hydrogen (secondary N) is 1. The summed E-state index contributed by atoms with van der Waals surface area (Å²) in [6.07, 6.45) is 0. The third-order valence-electron chi connectivity index (χ3n) is 3.83. The fourth-order valence-corrected chi connectivity index (χ4v) is 2.54. The van der Waals surface area contributed by atoms with Gasteiger partial charge in [-0.25, -0.2) is 0 Å². The number of carbonyl (C=O) groups is 1. The van der Waals surface area contributed by atoms with E-state index in [0.717, 1.165) is 5.56 Å². The van der Waals surface area contributed by atoms with Crippen molar-refractivity contribution in [3.8, 4) is 0 Å². The topological polar surface area (TPSA) is 72.2 Å². The fraction of sp³-hybridized carbons (Fsp3) is 0.188. The van der Waals surface area contributed by atoms with Crippen LogP contribution in [0.1, 0.15) is 35.7 Å². The van der Waals surface area contributed by atoms with Crippen LogP contribution in [-0.2, 0) is 0 Å². The Bertz CT molecular complexity index is 986. The molecule has 1 aromatic carbocycles. The summed E-state index contributed by atoms with van der Waals surface area (Å²) < 4.78 is 5.70.